The quantitative estimate of drug-likeness (QED) is 0.600. The van der Waals surface area contributed by atoms with Crippen molar-refractivity contribution in [1.29, 1.82) is 0 Å². The molecular weight excluding hydrogens is 314 g/mol. The lowest BCUT2D eigenvalue weighted by Crippen LogP contribution is -2.16. The van der Waals surface area contributed by atoms with Crippen molar-refractivity contribution in [2.24, 2.45) is 0 Å². The lowest BCUT2D eigenvalue weighted by Gasteiger charge is -2.15. The first-order valence-electron chi connectivity index (χ1n) is 8.67. The zero-order chi connectivity index (χ0) is 16.4. The maximum absolute atomic E-state index is 12.9. The number of benzene rings is 2. The second-order valence-corrected chi connectivity index (χ2v) is 7.46. The van der Waals surface area contributed by atoms with Crippen LogP contribution in [0.4, 0.5) is 0 Å². The Morgan fingerprint density at radius 1 is 0.958 bits per heavy atom. The van der Waals surface area contributed by atoms with Crippen LogP contribution in [0.1, 0.15) is 35.3 Å². The molecule has 2 nitrogen and oxygen atoms in total. The lowest BCUT2D eigenvalue weighted by atomic mass is 9.95. The molecular formula is C21H21NOS. The maximum atomic E-state index is 12.9. The number of fused-ring (bicyclic) bond motifs is 3. The number of hydrogen-bond donors (Lipinski definition) is 0. The Hall–Kier alpha value is -2.00. The van der Waals surface area contributed by atoms with E-state index in [1.54, 1.807) is 11.8 Å². The summed E-state index contributed by atoms with van der Waals surface area (Å²) in [7, 11) is 0. The van der Waals surface area contributed by atoms with Crippen LogP contribution in [-0.2, 0) is 12.8 Å². The molecule has 0 N–H and O–H groups in total. The van der Waals surface area contributed by atoms with Gasteiger partial charge in [0.25, 0.3) is 0 Å². The Balaban J connectivity index is 1.58. The van der Waals surface area contributed by atoms with Gasteiger partial charge in [-0.25, -0.2) is 0 Å². The second kappa shape index (κ2) is 6.86. The minimum Gasteiger partial charge on any atom is -0.284 e. The van der Waals surface area contributed by atoms with Crippen LogP contribution in [0.15, 0.2) is 59.5 Å². The number of aromatic nitrogens is 1. The summed E-state index contributed by atoms with van der Waals surface area (Å²) in [5.74, 6) is 1.06. The Kier molecular flexibility index (Phi) is 4.44. The zero-order valence-corrected chi connectivity index (χ0v) is 14.5. The van der Waals surface area contributed by atoms with Crippen LogP contribution in [0.5, 0.6) is 0 Å². The van der Waals surface area contributed by atoms with Crippen molar-refractivity contribution >= 4 is 28.6 Å². The molecule has 24 heavy (non-hydrogen) atoms. The number of hydrogen-bond acceptors (Lipinski definition) is 2. The van der Waals surface area contributed by atoms with E-state index in [2.05, 4.69) is 30.3 Å². The van der Waals surface area contributed by atoms with Crippen molar-refractivity contribution in [1.82, 2.24) is 4.57 Å². The molecule has 0 radical (unpaired) electrons. The Bertz CT molecular complexity index is 866. The molecule has 3 aromatic rings. The first-order chi connectivity index (χ1) is 11.8. The van der Waals surface area contributed by atoms with E-state index in [-0.39, 0.29) is 5.91 Å². The molecule has 3 heteroatoms. The maximum Gasteiger partial charge on any atom is 0.232 e. The zero-order valence-electron chi connectivity index (χ0n) is 13.7. The summed E-state index contributed by atoms with van der Waals surface area (Å²) < 4.78 is 2.01. The lowest BCUT2D eigenvalue weighted by molar-refractivity contribution is 0.0912. The highest BCUT2D eigenvalue weighted by molar-refractivity contribution is 7.99. The van der Waals surface area contributed by atoms with Crippen LogP contribution in [0.25, 0.3) is 10.9 Å². The number of aryl methyl sites for hydroxylation is 1. The van der Waals surface area contributed by atoms with Crippen molar-refractivity contribution in [2.45, 2.75) is 37.0 Å². The second-order valence-electron chi connectivity index (χ2n) is 6.29. The first-order valence-corrected chi connectivity index (χ1v) is 9.65. The fraction of sp³-hybridized carbons (Fsp3) is 0.286. The average molecular weight is 335 g/mol. The SMILES string of the molecule is O=C(CCSc1ccccc1)n1c2c(c3ccccc31)CCCC2. The smallest absolute Gasteiger partial charge is 0.232 e. The van der Waals surface area contributed by atoms with E-state index in [4.69, 9.17) is 0 Å². The molecule has 0 bridgehead atoms. The van der Waals surface area contributed by atoms with Gasteiger partial charge in [0, 0.05) is 28.1 Å². The molecule has 1 aliphatic carbocycles. The van der Waals surface area contributed by atoms with Crippen LogP contribution in [0.3, 0.4) is 0 Å². The number of nitrogens with zero attached hydrogens (tertiary/aromatic N) is 1. The molecule has 122 valence electrons. The van der Waals surface area contributed by atoms with Gasteiger partial charge in [0.2, 0.25) is 5.91 Å². The molecule has 0 saturated carbocycles. The average Bonchev–Trinajstić information content (AvgIpc) is 2.97. The molecule has 1 heterocycles. The number of rotatable bonds is 4. The van der Waals surface area contributed by atoms with E-state index in [0.29, 0.717) is 6.42 Å². The van der Waals surface area contributed by atoms with Crippen molar-refractivity contribution in [3.05, 3.63) is 65.9 Å². The van der Waals surface area contributed by atoms with Gasteiger partial charge in [-0.1, -0.05) is 36.4 Å². The van der Waals surface area contributed by atoms with Gasteiger partial charge >= 0.3 is 0 Å². The summed E-state index contributed by atoms with van der Waals surface area (Å²) in [5, 5.41) is 1.27. The van der Waals surface area contributed by atoms with Gasteiger partial charge in [0.1, 0.15) is 0 Å². The standard InChI is InChI=1S/C21H21NOS/c23-21(14-15-24-16-8-2-1-3-9-16)22-19-12-6-4-10-17(19)18-11-5-7-13-20(18)22/h1-4,6,8-10,12H,5,7,11,13-15H2. The number of thioether (sulfide) groups is 1. The highest BCUT2D eigenvalue weighted by atomic mass is 32.2. The predicted octanol–water partition coefficient (Wildman–Crippen LogP) is 5.34. The minimum atomic E-state index is 0.234. The summed E-state index contributed by atoms with van der Waals surface area (Å²) in [6, 6.07) is 18.7. The van der Waals surface area contributed by atoms with Gasteiger partial charge in [-0.05, 0) is 49.4 Å². The normalized spacial score (nSPS) is 13.8. The summed E-state index contributed by atoms with van der Waals surface area (Å²) in [5.41, 5.74) is 3.76. The van der Waals surface area contributed by atoms with Gasteiger partial charge < -0.3 is 0 Å². The first kappa shape index (κ1) is 15.5. The van der Waals surface area contributed by atoms with Gasteiger partial charge in [-0.15, -0.1) is 11.8 Å². The van der Waals surface area contributed by atoms with Gasteiger partial charge in [-0.2, -0.15) is 0 Å². The molecule has 0 aliphatic heterocycles. The predicted molar refractivity (Wildman–Crippen MR) is 101 cm³/mol. The van der Waals surface area contributed by atoms with Crippen LogP contribution in [-0.4, -0.2) is 16.2 Å². The third-order valence-electron chi connectivity index (χ3n) is 4.76. The molecule has 1 aromatic heterocycles. The fourth-order valence-corrected chi connectivity index (χ4v) is 4.53. The molecule has 0 atom stereocenters. The monoisotopic (exact) mass is 335 g/mol. The van der Waals surface area contributed by atoms with Gasteiger partial charge in [0.05, 0.1) is 5.52 Å². The molecule has 0 spiro atoms. The summed E-state index contributed by atoms with van der Waals surface area (Å²) in [4.78, 5) is 14.2. The fourth-order valence-electron chi connectivity index (χ4n) is 3.67. The number of para-hydroxylation sites is 1. The van der Waals surface area contributed by atoms with Crippen LogP contribution >= 0.6 is 11.8 Å². The van der Waals surface area contributed by atoms with Crippen molar-refractivity contribution < 1.29 is 4.79 Å². The van der Waals surface area contributed by atoms with E-state index in [1.165, 1.54) is 34.4 Å². The third kappa shape index (κ3) is 2.89. The minimum absolute atomic E-state index is 0.234. The van der Waals surface area contributed by atoms with Crippen LogP contribution < -0.4 is 0 Å². The molecule has 2 aromatic carbocycles. The summed E-state index contributed by atoms with van der Waals surface area (Å²) in [6.45, 7) is 0. The summed E-state index contributed by atoms with van der Waals surface area (Å²) >= 11 is 1.75. The Labute approximate surface area is 146 Å². The van der Waals surface area contributed by atoms with E-state index in [9.17, 15) is 4.79 Å². The van der Waals surface area contributed by atoms with Crippen molar-refractivity contribution in [2.75, 3.05) is 5.75 Å². The van der Waals surface area contributed by atoms with Gasteiger partial charge in [-0.3, -0.25) is 9.36 Å². The van der Waals surface area contributed by atoms with E-state index in [0.717, 1.165) is 24.1 Å². The third-order valence-corrected chi connectivity index (χ3v) is 5.77. The van der Waals surface area contributed by atoms with Crippen LogP contribution in [0.2, 0.25) is 0 Å². The Morgan fingerprint density at radius 2 is 1.71 bits per heavy atom. The highest BCUT2D eigenvalue weighted by Gasteiger charge is 2.22. The molecule has 0 amide bonds. The molecule has 4 rings (SSSR count). The highest BCUT2D eigenvalue weighted by Crippen LogP contribution is 2.32. The molecule has 0 saturated heterocycles. The van der Waals surface area contributed by atoms with E-state index >= 15 is 0 Å². The van der Waals surface area contributed by atoms with Crippen molar-refractivity contribution in [3.8, 4) is 0 Å². The number of carbonyl (C=O) groups excluding carboxylic acids is 1. The number of carbonyl (C=O) groups is 1. The molecule has 0 unspecified atom stereocenters. The van der Waals surface area contributed by atoms with E-state index in [1.807, 2.05) is 28.8 Å². The van der Waals surface area contributed by atoms with Crippen molar-refractivity contribution in [3.63, 3.8) is 0 Å². The largest absolute Gasteiger partial charge is 0.284 e. The van der Waals surface area contributed by atoms with Crippen LogP contribution in [0, 0.1) is 0 Å². The molecule has 1 aliphatic rings. The topological polar surface area (TPSA) is 22.0 Å². The van der Waals surface area contributed by atoms with E-state index < -0.39 is 0 Å². The van der Waals surface area contributed by atoms with Gasteiger partial charge in [0.15, 0.2) is 0 Å². The summed E-state index contributed by atoms with van der Waals surface area (Å²) in [6.07, 6.45) is 5.13. The molecule has 0 fully saturated rings. The Morgan fingerprint density at radius 3 is 2.58 bits per heavy atom.